The summed E-state index contributed by atoms with van der Waals surface area (Å²) in [6.45, 7) is 1.82. The van der Waals surface area contributed by atoms with Crippen LogP contribution in [0.15, 0.2) is 42.6 Å². The molecule has 0 spiro atoms. The third kappa shape index (κ3) is 3.28. The highest BCUT2D eigenvalue weighted by Crippen LogP contribution is 2.30. The quantitative estimate of drug-likeness (QED) is 0.753. The Morgan fingerprint density at radius 2 is 2.16 bits per heavy atom. The zero-order valence-electron chi connectivity index (χ0n) is 13.7. The van der Waals surface area contributed by atoms with E-state index >= 15 is 0 Å². The summed E-state index contributed by atoms with van der Waals surface area (Å²) in [7, 11) is 0. The number of anilines is 2. The third-order valence-corrected chi connectivity index (χ3v) is 5.49. The second-order valence-corrected chi connectivity index (χ2v) is 7.17. The number of nitrogens with one attached hydrogen (secondary N) is 1. The van der Waals surface area contributed by atoms with Crippen molar-refractivity contribution >= 4 is 38.4 Å². The Kier molecular flexibility index (Phi) is 4.23. The molecule has 0 saturated carbocycles. The van der Waals surface area contributed by atoms with E-state index in [-0.39, 0.29) is 6.04 Å². The normalized spacial score (nSPS) is 17.6. The number of thiazole rings is 1. The van der Waals surface area contributed by atoms with E-state index in [1.54, 1.807) is 29.7 Å². The van der Waals surface area contributed by atoms with Gasteiger partial charge in [0.05, 0.1) is 15.8 Å². The van der Waals surface area contributed by atoms with Gasteiger partial charge in [0.1, 0.15) is 5.82 Å². The topological polar surface area (TPSA) is 84.1 Å². The highest BCUT2D eigenvalue weighted by Gasteiger charge is 2.23. The minimum Gasteiger partial charge on any atom is -0.365 e. The summed E-state index contributed by atoms with van der Waals surface area (Å²) in [6.07, 6.45) is 3.76. The first-order chi connectivity index (χ1) is 12.2. The van der Waals surface area contributed by atoms with Crippen LogP contribution in [0.1, 0.15) is 23.2 Å². The average Bonchev–Trinajstić information content (AvgIpc) is 3.06. The van der Waals surface area contributed by atoms with Crippen molar-refractivity contribution in [2.45, 2.75) is 18.9 Å². The van der Waals surface area contributed by atoms with Gasteiger partial charge < -0.3 is 16.0 Å². The molecule has 2 aromatic heterocycles. The number of hydrogen-bond donors (Lipinski definition) is 2. The molecule has 3 aromatic rings. The van der Waals surface area contributed by atoms with Crippen molar-refractivity contribution in [1.82, 2.24) is 9.97 Å². The van der Waals surface area contributed by atoms with Crippen LogP contribution >= 0.6 is 11.3 Å². The summed E-state index contributed by atoms with van der Waals surface area (Å²) in [6, 6.07) is 11.8. The molecule has 1 aliphatic rings. The van der Waals surface area contributed by atoms with Gasteiger partial charge in [-0.05, 0) is 37.1 Å². The second kappa shape index (κ2) is 6.68. The van der Waals surface area contributed by atoms with Crippen molar-refractivity contribution in [3.8, 4) is 0 Å². The third-order valence-electron chi connectivity index (χ3n) is 4.39. The SMILES string of the molecule is NC(=O)c1cccnc1N[C@@H]1CCCN(c2nc3ccccc3s2)C1. The van der Waals surface area contributed by atoms with Crippen molar-refractivity contribution in [2.24, 2.45) is 5.73 Å². The molecule has 0 unspecified atom stereocenters. The molecule has 3 N–H and O–H groups in total. The standard InChI is InChI=1S/C18H19N5OS/c19-16(24)13-6-3-9-20-17(13)21-12-5-4-10-23(11-12)18-22-14-7-1-2-8-15(14)25-18/h1-3,6-9,12H,4-5,10-11H2,(H2,19,24)(H,20,21)/t12-/m1/s1. The summed E-state index contributed by atoms with van der Waals surface area (Å²) in [4.78, 5) is 22.9. The van der Waals surface area contributed by atoms with Crippen molar-refractivity contribution in [2.75, 3.05) is 23.3 Å². The number of amides is 1. The number of carbonyl (C=O) groups is 1. The van der Waals surface area contributed by atoms with Gasteiger partial charge in [-0.2, -0.15) is 0 Å². The number of benzene rings is 1. The summed E-state index contributed by atoms with van der Waals surface area (Å²) in [5, 5.41) is 4.43. The van der Waals surface area contributed by atoms with Crippen LogP contribution in [0.3, 0.4) is 0 Å². The van der Waals surface area contributed by atoms with Crippen LogP contribution in [0.25, 0.3) is 10.2 Å². The Balaban J connectivity index is 1.52. The van der Waals surface area contributed by atoms with Gasteiger partial charge >= 0.3 is 0 Å². The fraction of sp³-hybridized carbons (Fsp3) is 0.278. The first-order valence-corrected chi connectivity index (χ1v) is 9.14. The molecule has 1 aromatic carbocycles. The van der Waals surface area contributed by atoms with Crippen LogP contribution < -0.4 is 16.0 Å². The number of nitrogens with zero attached hydrogens (tertiary/aromatic N) is 3. The number of para-hydroxylation sites is 1. The van der Waals surface area contributed by atoms with Crippen LogP contribution in [-0.2, 0) is 0 Å². The van der Waals surface area contributed by atoms with Crippen molar-refractivity contribution in [1.29, 1.82) is 0 Å². The second-order valence-electron chi connectivity index (χ2n) is 6.16. The van der Waals surface area contributed by atoms with E-state index in [1.807, 2.05) is 18.2 Å². The fourth-order valence-corrected chi connectivity index (χ4v) is 4.18. The zero-order chi connectivity index (χ0) is 17.2. The van der Waals surface area contributed by atoms with Gasteiger partial charge in [-0.25, -0.2) is 9.97 Å². The first kappa shape index (κ1) is 15.8. The molecule has 0 bridgehead atoms. The van der Waals surface area contributed by atoms with Gasteiger partial charge in [0.2, 0.25) is 0 Å². The lowest BCUT2D eigenvalue weighted by Crippen LogP contribution is -2.42. The number of pyridine rings is 1. The Labute approximate surface area is 149 Å². The molecule has 4 rings (SSSR count). The van der Waals surface area contributed by atoms with Gasteiger partial charge in [0.15, 0.2) is 5.13 Å². The summed E-state index contributed by atoms with van der Waals surface area (Å²) < 4.78 is 1.20. The Hall–Kier alpha value is -2.67. The van der Waals surface area contributed by atoms with Gasteiger partial charge in [0, 0.05) is 25.3 Å². The number of piperidine rings is 1. The average molecular weight is 353 g/mol. The molecule has 3 heterocycles. The Morgan fingerprint density at radius 3 is 3.00 bits per heavy atom. The van der Waals surface area contributed by atoms with E-state index in [4.69, 9.17) is 10.7 Å². The minimum absolute atomic E-state index is 0.203. The molecule has 128 valence electrons. The van der Waals surface area contributed by atoms with E-state index in [2.05, 4.69) is 21.3 Å². The predicted molar refractivity (Wildman–Crippen MR) is 101 cm³/mol. The largest absolute Gasteiger partial charge is 0.365 e. The van der Waals surface area contributed by atoms with Gasteiger partial charge in [-0.1, -0.05) is 23.5 Å². The highest BCUT2D eigenvalue weighted by molar-refractivity contribution is 7.22. The molecule has 1 fully saturated rings. The molecule has 1 saturated heterocycles. The van der Waals surface area contributed by atoms with Crippen LogP contribution in [0.5, 0.6) is 0 Å². The first-order valence-electron chi connectivity index (χ1n) is 8.32. The fourth-order valence-electron chi connectivity index (χ4n) is 3.18. The number of hydrogen-bond acceptors (Lipinski definition) is 6. The molecule has 7 heteroatoms. The van der Waals surface area contributed by atoms with Crippen LogP contribution in [0, 0.1) is 0 Å². The molecule has 0 radical (unpaired) electrons. The van der Waals surface area contributed by atoms with Crippen molar-refractivity contribution < 1.29 is 4.79 Å². The highest BCUT2D eigenvalue weighted by atomic mass is 32.1. The van der Waals surface area contributed by atoms with Gasteiger partial charge in [-0.3, -0.25) is 4.79 Å². The molecular weight excluding hydrogens is 334 g/mol. The summed E-state index contributed by atoms with van der Waals surface area (Å²) in [5.41, 5.74) is 6.91. The summed E-state index contributed by atoms with van der Waals surface area (Å²) >= 11 is 1.72. The number of primary amides is 1. The number of nitrogens with two attached hydrogens (primary N) is 1. The Morgan fingerprint density at radius 1 is 1.28 bits per heavy atom. The maximum atomic E-state index is 11.6. The number of fused-ring (bicyclic) bond motifs is 1. The molecule has 0 aliphatic carbocycles. The van der Waals surface area contributed by atoms with Crippen LogP contribution in [0.4, 0.5) is 10.9 Å². The molecular formula is C18H19N5OS. The zero-order valence-corrected chi connectivity index (χ0v) is 14.5. The summed E-state index contributed by atoms with van der Waals surface area (Å²) in [5.74, 6) is 0.0978. The maximum absolute atomic E-state index is 11.6. The van der Waals surface area contributed by atoms with Crippen molar-refractivity contribution in [3.05, 3.63) is 48.2 Å². The molecule has 1 atom stereocenters. The lowest BCUT2D eigenvalue weighted by atomic mass is 10.1. The van der Waals surface area contributed by atoms with Gasteiger partial charge in [0.25, 0.3) is 5.91 Å². The Bertz CT molecular complexity index is 876. The maximum Gasteiger partial charge on any atom is 0.252 e. The number of rotatable bonds is 4. The number of aromatic nitrogens is 2. The van der Waals surface area contributed by atoms with E-state index in [0.29, 0.717) is 11.4 Å². The molecule has 1 amide bonds. The lowest BCUT2D eigenvalue weighted by Gasteiger charge is -2.33. The molecule has 1 aliphatic heterocycles. The molecule has 25 heavy (non-hydrogen) atoms. The number of carbonyl (C=O) groups excluding carboxylic acids is 1. The van der Waals surface area contributed by atoms with Crippen LogP contribution in [-0.4, -0.2) is 35.0 Å². The van der Waals surface area contributed by atoms with Gasteiger partial charge in [-0.15, -0.1) is 0 Å². The van der Waals surface area contributed by atoms with E-state index in [0.717, 1.165) is 36.6 Å². The predicted octanol–water partition coefficient (Wildman–Crippen LogP) is 2.87. The van der Waals surface area contributed by atoms with E-state index in [1.165, 1.54) is 4.70 Å². The monoisotopic (exact) mass is 353 g/mol. The molecule has 6 nitrogen and oxygen atoms in total. The minimum atomic E-state index is -0.463. The van der Waals surface area contributed by atoms with Crippen LogP contribution in [0.2, 0.25) is 0 Å². The van der Waals surface area contributed by atoms with Crippen molar-refractivity contribution in [3.63, 3.8) is 0 Å². The lowest BCUT2D eigenvalue weighted by molar-refractivity contribution is 0.100. The van der Waals surface area contributed by atoms with E-state index < -0.39 is 5.91 Å². The smallest absolute Gasteiger partial charge is 0.252 e. The van der Waals surface area contributed by atoms with E-state index in [9.17, 15) is 4.79 Å².